The molecule has 0 radical (unpaired) electrons. The van der Waals surface area contributed by atoms with Gasteiger partial charge in [0.05, 0.1) is 18.2 Å². The van der Waals surface area contributed by atoms with E-state index < -0.39 is 0 Å². The Bertz CT molecular complexity index is 683. The third-order valence-corrected chi connectivity index (χ3v) is 4.42. The lowest BCUT2D eigenvalue weighted by Gasteiger charge is -2.23. The number of hydrogen-bond donors (Lipinski definition) is 1. The summed E-state index contributed by atoms with van der Waals surface area (Å²) in [6.45, 7) is 4.88. The van der Waals surface area contributed by atoms with Gasteiger partial charge in [-0.15, -0.1) is 0 Å². The van der Waals surface area contributed by atoms with E-state index in [9.17, 15) is 9.59 Å². The van der Waals surface area contributed by atoms with Crippen molar-refractivity contribution in [1.82, 2.24) is 24.7 Å². The normalized spacial score (nSPS) is 16.4. The molecule has 25 heavy (non-hydrogen) atoms. The lowest BCUT2D eigenvalue weighted by molar-refractivity contribution is 0.0761. The van der Waals surface area contributed by atoms with Gasteiger partial charge in [-0.05, 0) is 19.4 Å². The van der Waals surface area contributed by atoms with Crippen LogP contribution in [0, 0.1) is 0 Å². The van der Waals surface area contributed by atoms with E-state index in [1.54, 1.807) is 28.4 Å². The number of imidazole rings is 1. The van der Waals surface area contributed by atoms with Crippen LogP contribution < -0.4 is 5.32 Å². The first-order valence-electron chi connectivity index (χ1n) is 8.47. The van der Waals surface area contributed by atoms with Crippen molar-refractivity contribution in [3.05, 3.63) is 42.9 Å². The summed E-state index contributed by atoms with van der Waals surface area (Å²) in [5.41, 5.74) is 0.548. The van der Waals surface area contributed by atoms with Crippen LogP contribution in [0.15, 0.2) is 41.7 Å². The summed E-state index contributed by atoms with van der Waals surface area (Å²) in [7, 11) is 0. The van der Waals surface area contributed by atoms with E-state index in [1.165, 1.54) is 12.5 Å². The predicted octanol–water partition coefficient (Wildman–Crippen LogP) is 1.59. The summed E-state index contributed by atoms with van der Waals surface area (Å²) in [6, 6.07) is 1.71. The topological polar surface area (TPSA) is 83.6 Å². The van der Waals surface area contributed by atoms with Crippen LogP contribution in [0.1, 0.15) is 29.7 Å². The van der Waals surface area contributed by atoms with Crippen molar-refractivity contribution in [2.24, 2.45) is 0 Å². The highest BCUT2D eigenvalue weighted by Crippen LogP contribution is 2.10. The largest absolute Gasteiger partial charge is 0.472 e. The molecule has 0 bridgehead atoms. The molecule has 2 aromatic heterocycles. The highest BCUT2D eigenvalue weighted by molar-refractivity contribution is 5.93. The van der Waals surface area contributed by atoms with Crippen molar-refractivity contribution in [3.63, 3.8) is 0 Å². The second kappa shape index (κ2) is 7.87. The van der Waals surface area contributed by atoms with E-state index in [0.29, 0.717) is 38.3 Å². The molecule has 0 aliphatic carbocycles. The van der Waals surface area contributed by atoms with Crippen LogP contribution in [0.5, 0.6) is 0 Å². The maximum atomic E-state index is 12.4. The number of nitrogens with zero attached hydrogens (tertiary/aromatic N) is 4. The van der Waals surface area contributed by atoms with Gasteiger partial charge in [0.25, 0.3) is 5.91 Å². The first-order valence-corrected chi connectivity index (χ1v) is 8.47. The number of rotatable bonds is 4. The molecule has 1 aliphatic heterocycles. The minimum atomic E-state index is -0.0930. The molecule has 0 aromatic carbocycles. The van der Waals surface area contributed by atoms with Gasteiger partial charge >= 0.3 is 6.03 Å². The van der Waals surface area contributed by atoms with Gasteiger partial charge in [0.1, 0.15) is 6.26 Å². The Kier molecular flexibility index (Phi) is 5.37. The number of amides is 3. The Morgan fingerprint density at radius 2 is 2.08 bits per heavy atom. The summed E-state index contributed by atoms with van der Waals surface area (Å²) in [6.07, 6.45) is 9.04. The van der Waals surface area contributed by atoms with Crippen LogP contribution in [0.3, 0.4) is 0 Å². The van der Waals surface area contributed by atoms with Crippen LogP contribution in [0.25, 0.3) is 0 Å². The van der Waals surface area contributed by atoms with Crippen molar-refractivity contribution < 1.29 is 14.0 Å². The minimum Gasteiger partial charge on any atom is -0.472 e. The van der Waals surface area contributed by atoms with Crippen LogP contribution >= 0.6 is 0 Å². The molecular formula is C17H23N5O3. The van der Waals surface area contributed by atoms with Gasteiger partial charge in [-0.2, -0.15) is 0 Å². The highest BCUT2D eigenvalue weighted by atomic mass is 16.3. The van der Waals surface area contributed by atoms with E-state index in [4.69, 9.17) is 4.42 Å². The summed E-state index contributed by atoms with van der Waals surface area (Å²) in [5, 5.41) is 2.96. The zero-order valence-corrected chi connectivity index (χ0v) is 14.3. The number of carbonyl (C=O) groups is 2. The fraction of sp³-hybridized carbons (Fsp3) is 0.471. The Balaban J connectivity index is 1.49. The van der Waals surface area contributed by atoms with E-state index in [1.807, 2.05) is 17.7 Å². The molecule has 3 heterocycles. The first kappa shape index (κ1) is 17.1. The Labute approximate surface area is 146 Å². The molecule has 8 nitrogen and oxygen atoms in total. The Morgan fingerprint density at radius 3 is 2.80 bits per heavy atom. The average molecular weight is 345 g/mol. The molecule has 1 fully saturated rings. The molecule has 1 N–H and O–H groups in total. The fourth-order valence-electron chi connectivity index (χ4n) is 2.87. The molecule has 3 rings (SSSR count). The van der Waals surface area contributed by atoms with Gasteiger partial charge in [0, 0.05) is 51.2 Å². The van der Waals surface area contributed by atoms with Crippen molar-refractivity contribution in [1.29, 1.82) is 0 Å². The smallest absolute Gasteiger partial charge is 0.317 e. The van der Waals surface area contributed by atoms with Crippen molar-refractivity contribution in [2.45, 2.75) is 19.4 Å². The second-order valence-electron chi connectivity index (χ2n) is 6.19. The first-order chi connectivity index (χ1) is 12.1. The SMILES string of the molecule is CC(CNC(=O)N1CCCN(C(=O)c2ccoc2)CC1)n1ccnc1. The third-order valence-electron chi connectivity index (χ3n) is 4.42. The maximum Gasteiger partial charge on any atom is 0.317 e. The minimum absolute atomic E-state index is 0.0512. The number of carbonyl (C=O) groups excluding carboxylic acids is 2. The fourth-order valence-corrected chi connectivity index (χ4v) is 2.87. The molecule has 0 saturated carbocycles. The standard InChI is InChI=1S/C17H23N5O3/c1-14(22-7-4-18-13-22)11-19-17(24)21-6-2-5-20(8-9-21)16(23)15-3-10-25-12-15/h3-4,7,10,12-14H,2,5-6,8-9,11H2,1H3,(H,19,24). The van der Waals surface area contributed by atoms with Gasteiger partial charge in [-0.1, -0.05) is 0 Å². The number of aromatic nitrogens is 2. The molecule has 1 saturated heterocycles. The summed E-state index contributed by atoms with van der Waals surface area (Å²) in [5.74, 6) is -0.0512. The Hall–Kier alpha value is -2.77. The van der Waals surface area contributed by atoms with Gasteiger partial charge in [0.2, 0.25) is 0 Å². The van der Waals surface area contributed by atoms with Gasteiger partial charge < -0.3 is 24.1 Å². The monoisotopic (exact) mass is 345 g/mol. The third kappa shape index (κ3) is 4.20. The second-order valence-corrected chi connectivity index (χ2v) is 6.19. The summed E-state index contributed by atoms with van der Waals surface area (Å²) >= 11 is 0. The number of nitrogens with one attached hydrogen (secondary N) is 1. The Morgan fingerprint density at radius 1 is 1.28 bits per heavy atom. The van der Waals surface area contributed by atoms with Gasteiger partial charge in [0.15, 0.2) is 0 Å². The average Bonchev–Trinajstić information content (AvgIpc) is 3.29. The van der Waals surface area contributed by atoms with E-state index in [0.717, 1.165) is 6.42 Å². The maximum absolute atomic E-state index is 12.4. The number of furan rings is 1. The zero-order chi connectivity index (χ0) is 17.6. The van der Waals surface area contributed by atoms with Crippen molar-refractivity contribution >= 4 is 11.9 Å². The van der Waals surface area contributed by atoms with Crippen molar-refractivity contribution in [3.8, 4) is 0 Å². The molecule has 1 aliphatic rings. The predicted molar refractivity (Wildman–Crippen MR) is 91.1 cm³/mol. The molecule has 134 valence electrons. The van der Waals surface area contributed by atoms with Crippen LogP contribution in [0.2, 0.25) is 0 Å². The zero-order valence-electron chi connectivity index (χ0n) is 14.3. The molecular weight excluding hydrogens is 322 g/mol. The highest BCUT2D eigenvalue weighted by Gasteiger charge is 2.23. The lowest BCUT2D eigenvalue weighted by atomic mass is 10.3. The number of hydrogen-bond acceptors (Lipinski definition) is 4. The van der Waals surface area contributed by atoms with Crippen molar-refractivity contribution in [2.75, 3.05) is 32.7 Å². The summed E-state index contributed by atoms with van der Waals surface area (Å²) in [4.78, 5) is 32.3. The molecule has 1 atom stereocenters. The van der Waals surface area contributed by atoms with Gasteiger partial charge in [-0.25, -0.2) is 9.78 Å². The molecule has 1 unspecified atom stereocenters. The molecule has 2 aromatic rings. The van der Waals surface area contributed by atoms with E-state index >= 15 is 0 Å². The van der Waals surface area contributed by atoms with Crippen LogP contribution in [-0.4, -0.2) is 64.0 Å². The van der Waals surface area contributed by atoms with E-state index in [2.05, 4.69) is 10.3 Å². The number of urea groups is 1. The quantitative estimate of drug-likeness (QED) is 0.912. The molecule has 3 amide bonds. The van der Waals surface area contributed by atoms with Gasteiger partial charge in [-0.3, -0.25) is 4.79 Å². The molecule has 0 spiro atoms. The van der Waals surface area contributed by atoms with Crippen LogP contribution in [0.4, 0.5) is 4.79 Å². The lowest BCUT2D eigenvalue weighted by Crippen LogP contribution is -2.43. The van der Waals surface area contributed by atoms with Crippen LogP contribution in [-0.2, 0) is 0 Å². The molecule has 8 heteroatoms. The van der Waals surface area contributed by atoms with E-state index in [-0.39, 0.29) is 18.0 Å². The summed E-state index contributed by atoms with van der Waals surface area (Å²) < 4.78 is 6.93.